The zero-order valence-electron chi connectivity index (χ0n) is 17.2. The first-order valence-corrected chi connectivity index (χ1v) is 10.1. The van der Waals surface area contributed by atoms with Crippen LogP contribution in [0.2, 0.25) is 5.02 Å². The molecule has 156 valence electrons. The molecule has 7 heteroatoms. The third-order valence-corrected chi connectivity index (χ3v) is 4.59. The number of methoxy groups -OCH3 is 1. The van der Waals surface area contributed by atoms with Crippen LogP contribution in [0.3, 0.4) is 0 Å². The highest BCUT2D eigenvalue weighted by Gasteiger charge is 2.21. The SMILES string of the molecule is CCOc1cc(/C=C/C(=O)NCC2CN(CC(C)C)CCO2)cc(Cl)c1OC. The van der Waals surface area contributed by atoms with E-state index in [1.807, 2.05) is 6.92 Å². The molecule has 6 nitrogen and oxygen atoms in total. The van der Waals surface area contributed by atoms with E-state index in [1.54, 1.807) is 25.3 Å². The number of ether oxygens (including phenoxy) is 3. The molecule has 0 radical (unpaired) electrons. The fraction of sp³-hybridized carbons (Fsp3) is 0.571. The smallest absolute Gasteiger partial charge is 0.244 e. The van der Waals surface area contributed by atoms with E-state index < -0.39 is 0 Å². The van der Waals surface area contributed by atoms with E-state index in [0.717, 1.165) is 25.2 Å². The number of carbonyl (C=O) groups excluding carboxylic acids is 1. The number of morpholine rings is 1. The van der Waals surface area contributed by atoms with Gasteiger partial charge in [0.05, 0.1) is 31.5 Å². The summed E-state index contributed by atoms with van der Waals surface area (Å²) in [4.78, 5) is 14.6. The van der Waals surface area contributed by atoms with Gasteiger partial charge in [-0.2, -0.15) is 0 Å². The lowest BCUT2D eigenvalue weighted by atomic mass is 10.1. The molecule has 0 aromatic heterocycles. The molecule has 1 atom stereocenters. The van der Waals surface area contributed by atoms with Crippen LogP contribution in [0.25, 0.3) is 6.08 Å². The van der Waals surface area contributed by atoms with Crippen molar-refractivity contribution < 1.29 is 19.0 Å². The van der Waals surface area contributed by atoms with Gasteiger partial charge in [-0.3, -0.25) is 9.69 Å². The maximum Gasteiger partial charge on any atom is 0.244 e. The topological polar surface area (TPSA) is 60.0 Å². The van der Waals surface area contributed by atoms with Gasteiger partial charge in [0.25, 0.3) is 0 Å². The van der Waals surface area contributed by atoms with Crippen LogP contribution in [-0.2, 0) is 9.53 Å². The summed E-state index contributed by atoms with van der Waals surface area (Å²) < 4.78 is 16.6. The Morgan fingerprint density at radius 2 is 2.25 bits per heavy atom. The minimum Gasteiger partial charge on any atom is -0.491 e. The number of halogens is 1. The Hall–Kier alpha value is -1.76. The normalized spacial score (nSPS) is 17.9. The first-order chi connectivity index (χ1) is 13.4. The summed E-state index contributed by atoms with van der Waals surface area (Å²) in [5.41, 5.74) is 0.765. The van der Waals surface area contributed by atoms with Gasteiger partial charge in [0.1, 0.15) is 0 Å². The molecule has 0 bridgehead atoms. The van der Waals surface area contributed by atoms with Gasteiger partial charge in [0, 0.05) is 32.3 Å². The molecule has 1 unspecified atom stereocenters. The maximum absolute atomic E-state index is 12.2. The summed E-state index contributed by atoms with van der Waals surface area (Å²) >= 11 is 6.24. The van der Waals surface area contributed by atoms with Crippen molar-refractivity contribution in [3.05, 3.63) is 28.8 Å². The Morgan fingerprint density at radius 3 is 2.93 bits per heavy atom. The first-order valence-electron chi connectivity index (χ1n) is 9.73. The number of benzene rings is 1. The number of nitrogens with zero attached hydrogens (tertiary/aromatic N) is 1. The summed E-state index contributed by atoms with van der Waals surface area (Å²) in [6.07, 6.45) is 3.21. The molecule has 1 aliphatic heterocycles. The fourth-order valence-electron chi connectivity index (χ4n) is 3.18. The molecule has 1 aromatic rings. The number of carbonyl (C=O) groups is 1. The molecule has 0 aliphatic carbocycles. The molecule has 0 spiro atoms. The average Bonchev–Trinajstić information content (AvgIpc) is 2.64. The van der Waals surface area contributed by atoms with Crippen LogP contribution < -0.4 is 14.8 Å². The molecule has 28 heavy (non-hydrogen) atoms. The van der Waals surface area contributed by atoms with Gasteiger partial charge >= 0.3 is 0 Å². The zero-order valence-corrected chi connectivity index (χ0v) is 17.9. The maximum atomic E-state index is 12.2. The van der Waals surface area contributed by atoms with Gasteiger partial charge in [0.2, 0.25) is 5.91 Å². The lowest BCUT2D eigenvalue weighted by Crippen LogP contribution is -2.48. The second-order valence-corrected chi connectivity index (χ2v) is 7.60. The Balaban J connectivity index is 1.89. The highest BCUT2D eigenvalue weighted by molar-refractivity contribution is 6.32. The largest absolute Gasteiger partial charge is 0.491 e. The van der Waals surface area contributed by atoms with E-state index in [9.17, 15) is 4.79 Å². The Morgan fingerprint density at radius 1 is 1.46 bits per heavy atom. The van der Waals surface area contributed by atoms with Gasteiger partial charge in [0.15, 0.2) is 11.5 Å². The number of amides is 1. The van der Waals surface area contributed by atoms with Crippen LogP contribution >= 0.6 is 11.6 Å². The predicted octanol–water partition coefficient (Wildman–Crippen LogP) is 3.23. The highest BCUT2D eigenvalue weighted by atomic mass is 35.5. The van der Waals surface area contributed by atoms with Gasteiger partial charge in [-0.05, 0) is 36.6 Å². The Kier molecular flexibility index (Phi) is 9.09. The molecular weight excluding hydrogens is 380 g/mol. The van der Waals surface area contributed by atoms with Crippen LogP contribution in [0.1, 0.15) is 26.3 Å². The molecule has 1 aliphatic rings. The van der Waals surface area contributed by atoms with Gasteiger partial charge < -0.3 is 19.5 Å². The summed E-state index contributed by atoms with van der Waals surface area (Å²) in [5, 5.41) is 3.35. The minimum absolute atomic E-state index is 0.0184. The van der Waals surface area contributed by atoms with Crippen LogP contribution in [0, 0.1) is 5.92 Å². The van der Waals surface area contributed by atoms with Gasteiger partial charge in [-0.15, -0.1) is 0 Å². The lowest BCUT2D eigenvalue weighted by Gasteiger charge is -2.33. The fourth-order valence-corrected chi connectivity index (χ4v) is 3.47. The van der Waals surface area contributed by atoms with Crippen molar-refractivity contribution in [3.63, 3.8) is 0 Å². The summed E-state index contributed by atoms with van der Waals surface area (Å²) in [5.74, 6) is 1.49. The molecule has 1 aromatic carbocycles. The van der Waals surface area contributed by atoms with Crippen LogP contribution in [0.4, 0.5) is 0 Å². The van der Waals surface area contributed by atoms with Crippen molar-refractivity contribution in [3.8, 4) is 11.5 Å². The number of rotatable bonds is 9. The van der Waals surface area contributed by atoms with Crippen LogP contribution in [-0.4, -0.2) is 63.4 Å². The molecule has 0 saturated carbocycles. The predicted molar refractivity (Wildman–Crippen MR) is 112 cm³/mol. The standard InChI is InChI=1S/C21H31ClN2O4/c1-5-27-19-11-16(10-18(22)21(19)26-4)6-7-20(25)23-12-17-14-24(8-9-28-17)13-15(2)3/h6-7,10-11,15,17H,5,8-9,12-14H2,1-4H3,(H,23,25)/b7-6+. The van der Waals surface area contributed by atoms with Crippen LogP contribution in [0.5, 0.6) is 11.5 Å². The van der Waals surface area contributed by atoms with E-state index >= 15 is 0 Å². The average molecular weight is 411 g/mol. The van der Waals surface area contributed by atoms with Gasteiger partial charge in [-0.25, -0.2) is 0 Å². The number of hydrogen-bond donors (Lipinski definition) is 1. The van der Waals surface area contributed by atoms with E-state index in [1.165, 1.54) is 6.08 Å². The molecular formula is C21H31ClN2O4. The Bertz CT molecular complexity index is 679. The monoisotopic (exact) mass is 410 g/mol. The highest BCUT2D eigenvalue weighted by Crippen LogP contribution is 2.36. The first kappa shape index (κ1) is 22.5. The van der Waals surface area contributed by atoms with Crippen molar-refractivity contribution >= 4 is 23.6 Å². The summed E-state index contributed by atoms with van der Waals surface area (Å²) in [7, 11) is 1.54. The van der Waals surface area contributed by atoms with E-state index in [0.29, 0.717) is 42.2 Å². The van der Waals surface area contributed by atoms with Crippen molar-refractivity contribution in [1.29, 1.82) is 0 Å². The Labute approximate surface area is 172 Å². The van der Waals surface area contributed by atoms with Crippen molar-refractivity contribution in [2.24, 2.45) is 5.92 Å². The second kappa shape index (κ2) is 11.3. The third kappa shape index (κ3) is 7.00. The lowest BCUT2D eigenvalue weighted by molar-refractivity contribution is -0.117. The quantitative estimate of drug-likeness (QED) is 0.633. The molecule has 1 fully saturated rings. The molecule has 1 saturated heterocycles. The summed E-state index contributed by atoms with van der Waals surface area (Å²) in [6, 6.07) is 3.53. The molecule has 1 heterocycles. The molecule has 1 amide bonds. The zero-order chi connectivity index (χ0) is 20.5. The van der Waals surface area contributed by atoms with Gasteiger partial charge in [-0.1, -0.05) is 25.4 Å². The second-order valence-electron chi connectivity index (χ2n) is 7.19. The molecule has 1 N–H and O–H groups in total. The van der Waals surface area contributed by atoms with E-state index in [-0.39, 0.29) is 12.0 Å². The van der Waals surface area contributed by atoms with E-state index in [4.69, 9.17) is 25.8 Å². The molecule has 2 rings (SSSR count). The number of nitrogens with one attached hydrogen (secondary N) is 1. The van der Waals surface area contributed by atoms with Crippen molar-refractivity contribution in [1.82, 2.24) is 10.2 Å². The third-order valence-electron chi connectivity index (χ3n) is 4.31. The minimum atomic E-state index is -0.172. The number of hydrogen-bond acceptors (Lipinski definition) is 5. The van der Waals surface area contributed by atoms with Crippen LogP contribution in [0.15, 0.2) is 18.2 Å². The van der Waals surface area contributed by atoms with Crippen molar-refractivity contribution in [2.75, 3.05) is 46.5 Å². The van der Waals surface area contributed by atoms with Crippen molar-refractivity contribution in [2.45, 2.75) is 26.9 Å². The summed E-state index contributed by atoms with van der Waals surface area (Å²) in [6.45, 7) is 10.8. The van der Waals surface area contributed by atoms with E-state index in [2.05, 4.69) is 24.1 Å².